The summed E-state index contributed by atoms with van der Waals surface area (Å²) in [5.41, 5.74) is 1.99. The summed E-state index contributed by atoms with van der Waals surface area (Å²) < 4.78 is 41.4. The lowest BCUT2D eigenvalue weighted by Gasteiger charge is -2.29. The predicted molar refractivity (Wildman–Crippen MR) is 103 cm³/mol. The van der Waals surface area contributed by atoms with E-state index in [0.717, 1.165) is 30.4 Å². The minimum atomic E-state index is -3.79. The summed E-state index contributed by atoms with van der Waals surface area (Å²) in [6.07, 6.45) is 1.72. The first kappa shape index (κ1) is 20.3. The second-order valence-electron chi connectivity index (χ2n) is 6.61. The first-order valence-corrected chi connectivity index (χ1v) is 10.7. The Labute approximate surface area is 165 Å². The van der Waals surface area contributed by atoms with Crippen LogP contribution >= 0.6 is 11.6 Å². The number of hydrogen-bond acceptors (Lipinski definition) is 5. The van der Waals surface area contributed by atoms with Crippen LogP contribution in [-0.2, 0) is 30.4 Å². The Bertz CT molecular complexity index is 834. The predicted octanol–water partition coefficient (Wildman–Crippen LogP) is 4.47. The fraction of sp³-hybridized carbons (Fsp3) is 0.400. The number of benzene rings is 2. The van der Waals surface area contributed by atoms with Crippen molar-refractivity contribution in [2.45, 2.75) is 50.1 Å². The molecule has 0 unspecified atom stereocenters. The van der Waals surface area contributed by atoms with Gasteiger partial charge in [-0.25, -0.2) is 0 Å². The maximum atomic E-state index is 12.3. The third-order valence-corrected chi connectivity index (χ3v) is 5.93. The molecule has 0 bridgehead atoms. The van der Waals surface area contributed by atoms with Gasteiger partial charge < -0.3 is 9.47 Å². The first-order valence-electron chi connectivity index (χ1n) is 8.90. The molecule has 2 aromatic rings. The number of halogens is 1. The molecule has 1 aliphatic heterocycles. The summed E-state index contributed by atoms with van der Waals surface area (Å²) in [7, 11) is -3.79. The van der Waals surface area contributed by atoms with E-state index >= 15 is 0 Å². The van der Waals surface area contributed by atoms with Gasteiger partial charge in [0.2, 0.25) is 0 Å². The molecule has 27 heavy (non-hydrogen) atoms. The van der Waals surface area contributed by atoms with Crippen LogP contribution in [0.5, 0.6) is 0 Å². The molecule has 0 aromatic heterocycles. The van der Waals surface area contributed by atoms with Crippen LogP contribution in [0.3, 0.4) is 0 Å². The van der Waals surface area contributed by atoms with Crippen molar-refractivity contribution in [3.8, 4) is 0 Å². The molecule has 146 valence electrons. The highest BCUT2D eigenvalue weighted by Crippen LogP contribution is 2.23. The van der Waals surface area contributed by atoms with E-state index in [9.17, 15) is 8.42 Å². The van der Waals surface area contributed by atoms with Crippen LogP contribution in [0.4, 0.5) is 0 Å². The maximum Gasteiger partial charge on any atom is 0.297 e. The second-order valence-corrected chi connectivity index (χ2v) is 8.66. The van der Waals surface area contributed by atoms with E-state index in [0.29, 0.717) is 11.6 Å². The SMILES string of the molecule is Cc1ccc(S(=O)(=O)OC[C@H]2CCC[C@@H](OCc3ccc(Cl)cc3)O2)cc1. The van der Waals surface area contributed by atoms with Crippen LogP contribution in [0.1, 0.15) is 30.4 Å². The highest BCUT2D eigenvalue weighted by Gasteiger charge is 2.25. The standard InChI is InChI=1S/C20H23ClO5S/c1-15-5-11-19(12-6-15)27(22,23)25-14-18-3-2-4-20(26-18)24-13-16-7-9-17(21)10-8-16/h5-12,18,20H,2-4,13-14H2,1H3/t18-,20+/m1/s1. The van der Waals surface area contributed by atoms with Gasteiger partial charge in [-0.1, -0.05) is 41.4 Å². The maximum absolute atomic E-state index is 12.3. The number of ether oxygens (including phenoxy) is 2. The van der Waals surface area contributed by atoms with Gasteiger partial charge in [0.05, 0.1) is 24.2 Å². The van der Waals surface area contributed by atoms with E-state index in [2.05, 4.69) is 0 Å². The molecule has 1 aliphatic rings. The van der Waals surface area contributed by atoms with Crippen LogP contribution < -0.4 is 0 Å². The van der Waals surface area contributed by atoms with Crippen molar-refractivity contribution in [3.63, 3.8) is 0 Å². The van der Waals surface area contributed by atoms with Crippen molar-refractivity contribution in [1.82, 2.24) is 0 Å². The van der Waals surface area contributed by atoms with Gasteiger partial charge >= 0.3 is 0 Å². The molecule has 3 rings (SSSR count). The van der Waals surface area contributed by atoms with Gasteiger partial charge in [0.25, 0.3) is 10.1 Å². The Morgan fingerprint density at radius 1 is 1.07 bits per heavy atom. The zero-order valence-electron chi connectivity index (χ0n) is 15.1. The summed E-state index contributed by atoms with van der Waals surface area (Å²) in [4.78, 5) is 0.152. The van der Waals surface area contributed by atoms with E-state index in [1.165, 1.54) is 0 Å². The van der Waals surface area contributed by atoms with Crippen molar-refractivity contribution in [2.75, 3.05) is 6.61 Å². The Hall–Kier alpha value is -1.44. The molecule has 0 radical (unpaired) electrons. The fourth-order valence-electron chi connectivity index (χ4n) is 2.82. The molecular formula is C20H23ClO5S. The molecule has 0 saturated carbocycles. The lowest BCUT2D eigenvalue weighted by Crippen LogP contribution is -2.33. The Morgan fingerprint density at radius 2 is 1.78 bits per heavy atom. The monoisotopic (exact) mass is 410 g/mol. The number of aryl methyl sites for hydroxylation is 1. The summed E-state index contributed by atoms with van der Waals surface area (Å²) in [6.45, 7) is 2.30. The lowest BCUT2D eigenvalue weighted by molar-refractivity contribution is -0.204. The van der Waals surface area contributed by atoms with E-state index in [4.69, 9.17) is 25.3 Å². The van der Waals surface area contributed by atoms with Crippen LogP contribution in [0.2, 0.25) is 5.02 Å². The minimum absolute atomic E-state index is 0.0169. The Kier molecular flexibility index (Phi) is 6.89. The molecule has 2 aromatic carbocycles. The van der Waals surface area contributed by atoms with Gasteiger partial charge in [-0.05, 0) is 56.0 Å². The smallest absolute Gasteiger partial charge is 0.297 e. The van der Waals surface area contributed by atoms with E-state index < -0.39 is 10.1 Å². The van der Waals surface area contributed by atoms with Gasteiger partial charge in [-0.3, -0.25) is 4.18 Å². The fourth-order valence-corrected chi connectivity index (χ4v) is 3.88. The van der Waals surface area contributed by atoms with Crippen LogP contribution in [-0.4, -0.2) is 27.4 Å². The zero-order valence-corrected chi connectivity index (χ0v) is 16.7. The molecule has 1 heterocycles. The second kappa shape index (κ2) is 9.17. The average Bonchev–Trinajstić information content (AvgIpc) is 2.67. The van der Waals surface area contributed by atoms with E-state index in [1.54, 1.807) is 24.3 Å². The van der Waals surface area contributed by atoms with Gasteiger partial charge in [0.15, 0.2) is 6.29 Å². The van der Waals surface area contributed by atoms with Crippen LogP contribution in [0.15, 0.2) is 53.4 Å². The molecule has 0 spiro atoms. The van der Waals surface area contributed by atoms with E-state index in [1.807, 2.05) is 31.2 Å². The van der Waals surface area contributed by atoms with E-state index in [-0.39, 0.29) is 23.9 Å². The van der Waals surface area contributed by atoms with Crippen molar-refractivity contribution >= 4 is 21.7 Å². The topological polar surface area (TPSA) is 61.8 Å². The van der Waals surface area contributed by atoms with Crippen molar-refractivity contribution in [3.05, 3.63) is 64.7 Å². The minimum Gasteiger partial charge on any atom is -0.348 e. The summed E-state index contributed by atoms with van der Waals surface area (Å²) in [6, 6.07) is 14.0. The normalized spacial score (nSPS) is 20.5. The Balaban J connectivity index is 1.49. The quantitative estimate of drug-likeness (QED) is 0.630. The number of hydrogen-bond donors (Lipinski definition) is 0. The third-order valence-electron chi connectivity index (χ3n) is 4.38. The molecule has 0 amide bonds. The van der Waals surface area contributed by atoms with Gasteiger partial charge in [0, 0.05) is 5.02 Å². The molecule has 1 saturated heterocycles. The van der Waals surface area contributed by atoms with Crippen molar-refractivity contribution in [2.24, 2.45) is 0 Å². The largest absolute Gasteiger partial charge is 0.348 e. The van der Waals surface area contributed by atoms with Crippen molar-refractivity contribution < 1.29 is 22.1 Å². The zero-order chi connectivity index (χ0) is 19.3. The first-order chi connectivity index (χ1) is 12.9. The highest BCUT2D eigenvalue weighted by atomic mass is 35.5. The van der Waals surface area contributed by atoms with Gasteiger partial charge in [-0.15, -0.1) is 0 Å². The molecule has 1 fully saturated rings. The van der Waals surface area contributed by atoms with Crippen LogP contribution in [0.25, 0.3) is 0 Å². The molecular weight excluding hydrogens is 388 g/mol. The van der Waals surface area contributed by atoms with Crippen LogP contribution in [0, 0.1) is 6.92 Å². The average molecular weight is 411 g/mol. The highest BCUT2D eigenvalue weighted by molar-refractivity contribution is 7.86. The van der Waals surface area contributed by atoms with Gasteiger partial charge in [0.1, 0.15) is 0 Å². The third kappa shape index (κ3) is 6.02. The lowest BCUT2D eigenvalue weighted by atomic mass is 10.1. The molecule has 0 N–H and O–H groups in total. The van der Waals surface area contributed by atoms with Crippen molar-refractivity contribution in [1.29, 1.82) is 0 Å². The summed E-state index contributed by atoms with van der Waals surface area (Å²) >= 11 is 5.87. The summed E-state index contributed by atoms with van der Waals surface area (Å²) in [5, 5.41) is 0.680. The summed E-state index contributed by atoms with van der Waals surface area (Å²) in [5.74, 6) is 0. The molecule has 7 heteroatoms. The molecule has 2 atom stereocenters. The molecule has 5 nitrogen and oxygen atoms in total. The number of rotatable bonds is 7. The Morgan fingerprint density at radius 3 is 2.48 bits per heavy atom. The molecule has 0 aliphatic carbocycles. The van der Waals surface area contributed by atoms with Gasteiger partial charge in [-0.2, -0.15) is 8.42 Å².